The minimum atomic E-state index is -0.606. The summed E-state index contributed by atoms with van der Waals surface area (Å²) < 4.78 is 18.9. The normalized spacial score (nSPS) is 16.7. The van der Waals surface area contributed by atoms with Gasteiger partial charge in [-0.2, -0.15) is 0 Å². The number of anilines is 1. The van der Waals surface area contributed by atoms with E-state index in [0.717, 1.165) is 17.4 Å². The molecule has 0 spiro atoms. The predicted molar refractivity (Wildman–Crippen MR) is 96.6 cm³/mol. The highest BCUT2D eigenvalue weighted by atomic mass is 35.5. The zero-order valence-corrected chi connectivity index (χ0v) is 14.9. The fourth-order valence-corrected chi connectivity index (χ4v) is 3.04. The lowest BCUT2D eigenvalue weighted by atomic mass is 10.1. The molecule has 0 aliphatic carbocycles. The Kier molecular flexibility index (Phi) is 5.42. The molecule has 1 aliphatic rings. The van der Waals surface area contributed by atoms with Crippen LogP contribution in [0.5, 0.6) is 5.75 Å². The van der Waals surface area contributed by atoms with Crippen molar-refractivity contribution < 1.29 is 18.7 Å². The second kappa shape index (κ2) is 7.74. The summed E-state index contributed by atoms with van der Waals surface area (Å²) in [6, 6.07) is 11.4. The molecule has 2 amide bonds. The molecular formula is C19H18ClFN2O3. The quantitative estimate of drug-likeness (QED) is 0.869. The van der Waals surface area contributed by atoms with Gasteiger partial charge < -0.3 is 15.0 Å². The lowest BCUT2D eigenvalue weighted by Crippen LogP contribution is -2.28. The van der Waals surface area contributed by atoms with E-state index in [4.69, 9.17) is 16.3 Å². The number of likely N-dealkylation sites (tertiary alicyclic amines) is 1. The third kappa shape index (κ3) is 4.14. The SMILES string of the molecule is COc1ccc(CN2CC(C(=O)Nc3ccc(Cl)cc3F)CC2=O)cc1. The van der Waals surface area contributed by atoms with Crippen molar-refractivity contribution in [2.75, 3.05) is 19.0 Å². The van der Waals surface area contributed by atoms with Crippen molar-refractivity contribution in [2.45, 2.75) is 13.0 Å². The van der Waals surface area contributed by atoms with Crippen LogP contribution in [0.15, 0.2) is 42.5 Å². The second-order valence-corrected chi connectivity index (χ2v) is 6.57. The van der Waals surface area contributed by atoms with Crippen molar-refractivity contribution in [3.63, 3.8) is 0 Å². The van der Waals surface area contributed by atoms with Crippen LogP contribution in [0.25, 0.3) is 0 Å². The van der Waals surface area contributed by atoms with Crippen molar-refractivity contribution in [3.05, 3.63) is 58.9 Å². The maximum atomic E-state index is 13.8. The highest BCUT2D eigenvalue weighted by Gasteiger charge is 2.34. The summed E-state index contributed by atoms with van der Waals surface area (Å²) in [5, 5.41) is 2.78. The maximum absolute atomic E-state index is 13.8. The van der Waals surface area contributed by atoms with Crippen LogP contribution in [-0.4, -0.2) is 30.4 Å². The number of ether oxygens (including phenoxy) is 1. The van der Waals surface area contributed by atoms with Crippen molar-refractivity contribution in [3.8, 4) is 5.75 Å². The number of amides is 2. The summed E-state index contributed by atoms with van der Waals surface area (Å²) in [7, 11) is 1.59. The molecule has 136 valence electrons. The van der Waals surface area contributed by atoms with E-state index in [9.17, 15) is 14.0 Å². The smallest absolute Gasteiger partial charge is 0.229 e. The first-order valence-electron chi connectivity index (χ1n) is 8.13. The first-order valence-corrected chi connectivity index (χ1v) is 8.50. The predicted octanol–water partition coefficient (Wildman–Crippen LogP) is 3.47. The summed E-state index contributed by atoms with van der Waals surface area (Å²) in [6.45, 7) is 0.716. The zero-order valence-electron chi connectivity index (χ0n) is 14.2. The third-order valence-electron chi connectivity index (χ3n) is 4.31. The summed E-state index contributed by atoms with van der Waals surface area (Å²) in [6.07, 6.45) is 0.108. The standard InChI is InChI=1S/C19H18ClFN2O3/c1-26-15-5-2-12(3-6-15)10-23-11-13(8-18(23)24)19(25)22-17-7-4-14(20)9-16(17)21/h2-7,9,13H,8,10-11H2,1H3,(H,22,25). The first kappa shape index (κ1) is 18.2. The third-order valence-corrected chi connectivity index (χ3v) is 4.54. The molecule has 1 unspecified atom stereocenters. The molecular weight excluding hydrogens is 359 g/mol. The number of rotatable bonds is 5. The van der Waals surface area contributed by atoms with E-state index in [1.807, 2.05) is 24.3 Å². The molecule has 1 heterocycles. The fourth-order valence-electron chi connectivity index (χ4n) is 2.88. The molecule has 1 N–H and O–H groups in total. The van der Waals surface area contributed by atoms with Gasteiger partial charge in [-0.25, -0.2) is 4.39 Å². The maximum Gasteiger partial charge on any atom is 0.229 e. The molecule has 0 bridgehead atoms. The summed E-state index contributed by atoms with van der Waals surface area (Å²) in [4.78, 5) is 26.2. The molecule has 1 aliphatic heterocycles. The second-order valence-electron chi connectivity index (χ2n) is 6.14. The monoisotopic (exact) mass is 376 g/mol. The lowest BCUT2D eigenvalue weighted by Gasteiger charge is -2.17. The average molecular weight is 377 g/mol. The molecule has 1 atom stereocenters. The van der Waals surface area contributed by atoms with E-state index in [0.29, 0.717) is 13.1 Å². The van der Waals surface area contributed by atoms with Gasteiger partial charge >= 0.3 is 0 Å². The number of methoxy groups -OCH3 is 1. The topological polar surface area (TPSA) is 58.6 Å². The van der Waals surface area contributed by atoms with E-state index in [1.165, 1.54) is 12.1 Å². The Labute approximate surface area is 155 Å². The number of carbonyl (C=O) groups excluding carboxylic acids is 2. The van der Waals surface area contributed by atoms with Gasteiger partial charge in [-0.15, -0.1) is 0 Å². The average Bonchev–Trinajstić information content (AvgIpc) is 2.99. The van der Waals surface area contributed by atoms with Gasteiger partial charge in [0.1, 0.15) is 11.6 Å². The summed E-state index contributed by atoms with van der Waals surface area (Å²) in [5.74, 6) is -0.862. The minimum absolute atomic E-state index is 0.0560. The fraction of sp³-hybridized carbons (Fsp3) is 0.263. The van der Waals surface area contributed by atoms with E-state index in [-0.39, 0.29) is 28.9 Å². The Morgan fingerprint density at radius 3 is 2.69 bits per heavy atom. The molecule has 1 fully saturated rings. The molecule has 5 nitrogen and oxygen atoms in total. The van der Waals surface area contributed by atoms with Crippen LogP contribution in [0.3, 0.4) is 0 Å². The van der Waals surface area contributed by atoms with Crippen LogP contribution < -0.4 is 10.1 Å². The highest BCUT2D eigenvalue weighted by Crippen LogP contribution is 2.24. The molecule has 0 saturated carbocycles. The molecule has 0 radical (unpaired) electrons. The van der Waals surface area contributed by atoms with Gasteiger partial charge in [-0.1, -0.05) is 23.7 Å². The molecule has 1 saturated heterocycles. The number of halogens is 2. The van der Waals surface area contributed by atoms with Crippen LogP contribution in [0.2, 0.25) is 5.02 Å². The van der Waals surface area contributed by atoms with Gasteiger partial charge in [0.15, 0.2) is 0 Å². The van der Waals surface area contributed by atoms with Crippen LogP contribution in [0.4, 0.5) is 10.1 Å². The van der Waals surface area contributed by atoms with Crippen LogP contribution in [-0.2, 0) is 16.1 Å². The molecule has 7 heteroatoms. The van der Waals surface area contributed by atoms with Crippen molar-refractivity contribution in [2.24, 2.45) is 5.92 Å². The van der Waals surface area contributed by atoms with E-state index in [2.05, 4.69) is 5.32 Å². The van der Waals surface area contributed by atoms with Gasteiger partial charge in [0.2, 0.25) is 11.8 Å². The van der Waals surface area contributed by atoms with E-state index < -0.39 is 11.7 Å². The Morgan fingerprint density at radius 1 is 1.31 bits per heavy atom. The Morgan fingerprint density at radius 2 is 2.04 bits per heavy atom. The molecule has 0 aromatic heterocycles. The van der Waals surface area contributed by atoms with Gasteiger partial charge in [0.05, 0.1) is 18.7 Å². The minimum Gasteiger partial charge on any atom is -0.497 e. The molecule has 26 heavy (non-hydrogen) atoms. The largest absolute Gasteiger partial charge is 0.497 e. The number of benzene rings is 2. The van der Waals surface area contributed by atoms with Crippen LogP contribution in [0, 0.1) is 11.7 Å². The van der Waals surface area contributed by atoms with Crippen LogP contribution in [0.1, 0.15) is 12.0 Å². The van der Waals surface area contributed by atoms with E-state index in [1.54, 1.807) is 12.0 Å². The van der Waals surface area contributed by atoms with Gasteiger partial charge in [-0.3, -0.25) is 9.59 Å². The Balaban J connectivity index is 1.61. The van der Waals surface area contributed by atoms with Gasteiger partial charge in [0, 0.05) is 24.5 Å². The summed E-state index contributed by atoms with van der Waals surface area (Å²) in [5.41, 5.74) is 1.00. The first-order chi connectivity index (χ1) is 12.5. The Bertz CT molecular complexity index is 826. The number of nitrogens with zero attached hydrogens (tertiary/aromatic N) is 1. The molecule has 2 aromatic rings. The highest BCUT2D eigenvalue weighted by molar-refractivity contribution is 6.30. The van der Waals surface area contributed by atoms with Crippen molar-refractivity contribution >= 4 is 29.1 Å². The van der Waals surface area contributed by atoms with Crippen molar-refractivity contribution in [1.29, 1.82) is 0 Å². The number of nitrogens with one attached hydrogen (secondary N) is 1. The summed E-state index contributed by atoms with van der Waals surface area (Å²) >= 11 is 5.70. The number of carbonyl (C=O) groups is 2. The van der Waals surface area contributed by atoms with Crippen molar-refractivity contribution in [1.82, 2.24) is 4.90 Å². The van der Waals surface area contributed by atoms with E-state index >= 15 is 0 Å². The number of hydrogen-bond donors (Lipinski definition) is 1. The van der Waals surface area contributed by atoms with Gasteiger partial charge in [0.25, 0.3) is 0 Å². The number of hydrogen-bond acceptors (Lipinski definition) is 3. The molecule has 2 aromatic carbocycles. The van der Waals surface area contributed by atoms with Crippen LogP contribution >= 0.6 is 11.6 Å². The molecule has 3 rings (SSSR count). The lowest BCUT2D eigenvalue weighted by molar-refractivity contribution is -0.128. The van der Waals surface area contributed by atoms with Gasteiger partial charge in [-0.05, 0) is 35.9 Å². The Hall–Kier alpha value is -2.60. The zero-order chi connectivity index (χ0) is 18.7.